The van der Waals surface area contributed by atoms with Gasteiger partial charge >= 0.3 is 0 Å². The monoisotopic (exact) mass is 260 g/mol. The van der Waals surface area contributed by atoms with E-state index in [0.717, 1.165) is 0 Å². The predicted molar refractivity (Wildman–Crippen MR) is 54.7 cm³/mol. The third-order valence-corrected chi connectivity index (χ3v) is 3.85. The van der Waals surface area contributed by atoms with Crippen LogP contribution in [0.2, 0.25) is 0 Å². The fourth-order valence-electron chi connectivity index (χ4n) is 2.76. The zero-order valence-corrected chi connectivity index (χ0v) is 9.93. The molecule has 0 amide bonds. The Morgan fingerprint density at radius 1 is 0.889 bits per heavy atom. The van der Waals surface area contributed by atoms with Crippen LogP contribution in [0.15, 0.2) is 0 Å². The molecule has 0 unspecified atom stereocenters. The van der Waals surface area contributed by atoms with Crippen LogP contribution in [0.25, 0.3) is 0 Å². The highest BCUT2D eigenvalue weighted by Crippen LogP contribution is 2.42. The molecule has 4 heterocycles. The molecule has 8 atom stereocenters. The summed E-state index contributed by atoms with van der Waals surface area (Å²) < 4.78 is 32.7. The molecule has 1 N–H and O–H groups in total. The second-order valence-electron chi connectivity index (χ2n) is 4.97. The summed E-state index contributed by atoms with van der Waals surface area (Å²) in [5, 5.41) is 9.05. The molecule has 0 radical (unpaired) electrons. The van der Waals surface area contributed by atoms with Gasteiger partial charge in [-0.3, -0.25) is 0 Å². The number of epoxide rings is 2. The number of rotatable bonds is 5. The highest BCUT2D eigenvalue weighted by molar-refractivity contribution is 5.02. The van der Waals surface area contributed by atoms with Crippen LogP contribution in [0.3, 0.4) is 0 Å². The largest absolute Gasteiger partial charge is 0.394 e. The number of aliphatic hydroxyl groups is 1. The molecule has 18 heavy (non-hydrogen) atoms. The van der Waals surface area contributed by atoms with Gasteiger partial charge < -0.3 is 33.5 Å². The fourth-order valence-corrected chi connectivity index (χ4v) is 2.76. The zero-order valence-electron chi connectivity index (χ0n) is 9.93. The van der Waals surface area contributed by atoms with Gasteiger partial charge in [-0.05, 0) is 0 Å². The maximum absolute atomic E-state index is 9.05. The van der Waals surface area contributed by atoms with Crippen molar-refractivity contribution in [3.8, 4) is 0 Å². The lowest BCUT2D eigenvalue weighted by Crippen LogP contribution is -2.31. The van der Waals surface area contributed by atoms with Gasteiger partial charge in [-0.15, -0.1) is 0 Å². The first-order valence-electron chi connectivity index (χ1n) is 6.19. The van der Waals surface area contributed by atoms with Gasteiger partial charge in [0.15, 0.2) is 12.6 Å². The van der Waals surface area contributed by atoms with E-state index in [-0.39, 0.29) is 49.5 Å². The van der Waals surface area contributed by atoms with Crippen LogP contribution in [-0.2, 0) is 28.4 Å². The zero-order chi connectivity index (χ0) is 12.3. The summed E-state index contributed by atoms with van der Waals surface area (Å²) in [6, 6.07) is 0. The quantitative estimate of drug-likeness (QED) is 0.610. The van der Waals surface area contributed by atoms with Crippen molar-refractivity contribution in [3.63, 3.8) is 0 Å². The van der Waals surface area contributed by atoms with E-state index in [1.807, 2.05) is 0 Å². The van der Waals surface area contributed by atoms with Crippen molar-refractivity contribution in [2.45, 2.75) is 49.2 Å². The number of hydrogen-bond donors (Lipinski definition) is 1. The van der Waals surface area contributed by atoms with Crippen molar-refractivity contribution in [2.24, 2.45) is 0 Å². The highest BCUT2D eigenvalue weighted by atomic mass is 16.8. The van der Waals surface area contributed by atoms with Crippen molar-refractivity contribution < 1.29 is 33.5 Å². The average Bonchev–Trinajstić information content (AvgIpc) is 3.29. The Morgan fingerprint density at radius 3 is 2.17 bits per heavy atom. The molecular weight excluding hydrogens is 244 g/mol. The first kappa shape index (κ1) is 11.5. The van der Waals surface area contributed by atoms with Crippen LogP contribution >= 0.6 is 0 Å². The second kappa shape index (κ2) is 4.11. The van der Waals surface area contributed by atoms with Gasteiger partial charge in [0.1, 0.15) is 36.6 Å². The topological polar surface area (TPSA) is 82.2 Å². The Balaban J connectivity index is 1.28. The molecule has 0 saturated carbocycles. The van der Waals surface area contributed by atoms with Crippen LogP contribution in [-0.4, -0.2) is 74.6 Å². The van der Waals surface area contributed by atoms with E-state index in [9.17, 15) is 0 Å². The van der Waals surface area contributed by atoms with Crippen molar-refractivity contribution in [3.05, 3.63) is 0 Å². The molecule has 0 bridgehead atoms. The maximum Gasteiger partial charge on any atom is 0.187 e. The third-order valence-electron chi connectivity index (χ3n) is 3.85. The van der Waals surface area contributed by atoms with Crippen molar-refractivity contribution in [1.82, 2.24) is 0 Å². The number of ether oxygens (including phenoxy) is 6. The van der Waals surface area contributed by atoms with Gasteiger partial charge in [0.2, 0.25) is 0 Å². The molecule has 4 aliphatic heterocycles. The van der Waals surface area contributed by atoms with E-state index < -0.39 is 6.29 Å². The summed E-state index contributed by atoms with van der Waals surface area (Å²) in [5.74, 6) is 0. The molecule has 7 heteroatoms. The van der Waals surface area contributed by atoms with Crippen LogP contribution in [0, 0.1) is 0 Å². The summed E-state index contributed by atoms with van der Waals surface area (Å²) >= 11 is 0. The standard InChI is InChI=1S/C11H16O7/c1-13-10-8-7(18-8)5(16-10)3-14-11-9-6(17-9)4(2-12)15-11/h4-12H,2-3H2,1H3/t4-,5-,6+,7+,8+,9+,10+,11-/m1/s1. The molecule has 4 aliphatic rings. The Kier molecular flexibility index (Phi) is 2.63. The molecule has 102 valence electrons. The van der Waals surface area contributed by atoms with Crippen molar-refractivity contribution in [2.75, 3.05) is 20.3 Å². The number of hydrogen-bond acceptors (Lipinski definition) is 7. The Morgan fingerprint density at radius 2 is 1.56 bits per heavy atom. The normalized spacial score (nSPS) is 56.3. The smallest absolute Gasteiger partial charge is 0.187 e. The first-order valence-corrected chi connectivity index (χ1v) is 6.19. The molecule has 4 rings (SSSR count). The molecule has 0 aromatic heterocycles. The summed E-state index contributed by atoms with van der Waals surface area (Å²) in [6.07, 6.45) is -1.02. The molecule has 0 aromatic carbocycles. The predicted octanol–water partition coefficient (Wildman–Crippen LogP) is -1.37. The van der Waals surface area contributed by atoms with Crippen LogP contribution in [0.1, 0.15) is 0 Å². The summed E-state index contributed by atoms with van der Waals surface area (Å²) in [5.41, 5.74) is 0. The number of methoxy groups -OCH3 is 1. The molecule has 0 spiro atoms. The van der Waals surface area contributed by atoms with Gasteiger partial charge in [-0.2, -0.15) is 0 Å². The molecule has 0 aliphatic carbocycles. The SMILES string of the molecule is CO[C@H]1O[C@H](CO[C@@H]2O[C@H](CO)[C@@H]3O[C@H]23)[C@@H]2O[C@H]12. The molecule has 7 nitrogen and oxygen atoms in total. The van der Waals surface area contributed by atoms with E-state index in [2.05, 4.69) is 0 Å². The highest BCUT2D eigenvalue weighted by Gasteiger charge is 2.61. The van der Waals surface area contributed by atoms with Gasteiger partial charge in [0.05, 0.1) is 13.2 Å². The average molecular weight is 260 g/mol. The maximum atomic E-state index is 9.05. The molecule has 4 saturated heterocycles. The van der Waals surface area contributed by atoms with Gasteiger partial charge in [-0.25, -0.2) is 0 Å². The Hall–Kier alpha value is -0.280. The minimum atomic E-state index is -0.408. The minimum Gasteiger partial charge on any atom is -0.394 e. The van der Waals surface area contributed by atoms with E-state index in [1.165, 1.54) is 0 Å². The fraction of sp³-hybridized carbons (Fsp3) is 1.00. The lowest BCUT2D eigenvalue weighted by atomic mass is 10.2. The lowest BCUT2D eigenvalue weighted by molar-refractivity contribution is -0.215. The Bertz CT molecular complexity index is 305. The number of fused-ring (bicyclic) bond motifs is 2. The van der Waals surface area contributed by atoms with Crippen LogP contribution in [0.5, 0.6) is 0 Å². The minimum absolute atomic E-state index is 0.0128. The number of aliphatic hydroxyl groups excluding tert-OH is 1. The summed E-state index contributed by atoms with van der Waals surface area (Å²) in [6.45, 7) is 0.344. The van der Waals surface area contributed by atoms with Crippen LogP contribution < -0.4 is 0 Å². The summed E-state index contributed by atoms with van der Waals surface area (Å²) in [7, 11) is 1.60. The van der Waals surface area contributed by atoms with E-state index in [1.54, 1.807) is 7.11 Å². The van der Waals surface area contributed by atoms with Crippen molar-refractivity contribution >= 4 is 0 Å². The van der Waals surface area contributed by atoms with Gasteiger partial charge in [0.25, 0.3) is 0 Å². The lowest BCUT2D eigenvalue weighted by Gasteiger charge is -2.20. The van der Waals surface area contributed by atoms with E-state index >= 15 is 0 Å². The van der Waals surface area contributed by atoms with Crippen molar-refractivity contribution in [1.29, 1.82) is 0 Å². The third kappa shape index (κ3) is 1.70. The van der Waals surface area contributed by atoms with Crippen LogP contribution in [0.4, 0.5) is 0 Å². The Labute approximate surface area is 104 Å². The summed E-state index contributed by atoms with van der Waals surface area (Å²) in [4.78, 5) is 0. The molecule has 0 aromatic rings. The van der Waals surface area contributed by atoms with Gasteiger partial charge in [0, 0.05) is 7.11 Å². The van der Waals surface area contributed by atoms with E-state index in [0.29, 0.717) is 6.61 Å². The molecule has 4 fully saturated rings. The van der Waals surface area contributed by atoms with E-state index in [4.69, 9.17) is 33.5 Å². The van der Waals surface area contributed by atoms with Gasteiger partial charge in [-0.1, -0.05) is 0 Å². The molecular formula is C11H16O7. The second-order valence-corrected chi connectivity index (χ2v) is 4.97. The first-order chi connectivity index (χ1) is 8.81.